The molecule has 0 saturated carbocycles. The Kier molecular flexibility index (Phi) is 3.72. The molecule has 2 nitrogen and oxygen atoms in total. The molecule has 0 heterocycles. The van der Waals surface area contributed by atoms with Gasteiger partial charge in [-0.15, -0.1) is 0 Å². The minimum absolute atomic E-state index is 0.147. The number of benzene rings is 2. The molecule has 0 saturated heterocycles. The average Bonchev–Trinajstić information content (AvgIpc) is 2.41. The molecular formula is C15H10FNO. The lowest BCUT2D eigenvalue weighted by Gasteiger charge is -2.07. The lowest BCUT2D eigenvalue weighted by molar-refractivity contribution is 0.442. The highest BCUT2D eigenvalue weighted by Crippen LogP contribution is 2.25. The Labute approximate surface area is 105 Å². The van der Waals surface area contributed by atoms with E-state index in [-0.39, 0.29) is 5.75 Å². The van der Waals surface area contributed by atoms with Gasteiger partial charge in [-0.05, 0) is 29.8 Å². The lowest BCUT2D eigenvalue weighted by atomic mass is 10.2. The number of rotatable bonds is 3. The molecule has 3 heteroatoms. The second-order valence-electron chi connectivity index (χ2n) is 3.55. The van der Waals surface area contributed by atoms with E-state index in [9.17, 15) is 4.39 Å². The maximum atomic E-state index is 13.6. The van der Waals surface area contributed by atoms with Gasteiger partial charge < -0.3 is 4.74 Å². The Morgan fingerprint density at radius 1 is 1.11 bits per heavy atom. The van der Waals surface area contributed by atoms with Crippen LogP contribution in [0.5, 0.6) is 11.5 Å². The Morgan fingerprint density at radius 3 is 2.61 bits per heavy atom. The molecule has 0 aromatic heterocycles. The van der Waals surface area contributed by atoms with Crippen molar-refractivity contribution in [3.63, 3.8) is 0 Å². The van der Waals surface area contributed by atoms with Gasteiger partial charge in [0.25, 0.3) is 0 Å². The molecule has 0 bridgehead atoms. The van der Waals surface area contributed by atoms with E-state index in [2.05, 4.69) is 4.85 Å². The molecule has 0 unspecified atom stereocenters. The van der Waals surface area contributed by atoms with Gasteiger partial charge in [-0.3, -0.25) is 0 Å². The summed E-state index contributed by atoms with van der Waals surface area (Å²) in [5, 5.41) is 0. The zero-order valence-electron chi connectivity index (χ0n) is 9.51. The SMILES string of the molecule is [C-]#[N+]C=Cc1ccc(F)c(Oc2ccccc2)c1. The van der Waals surface area contributed by atoms with Crippen LogP contribution in [-0.2, 0) is 0 Å². The van der Waals surface area contributed by atoms with Gasteiger partial charge in [0.15, 0.2) is 17.8 Å². The first-order valence-corrected chi connectivity index (χ1v) is 5.35. The van der Waals surface area contributed by atoms with E-state index in [0.717, 1.165) is 5.56 Å². The first kappa shape index (κ1) is 11.9. The molecule has 0 spiro atoms. The molecule has 0 fully saturated rings. The fraction of sp³-hybridized carbons (Fsp3) is 0. The monoisotopic (exact) mass is 239 g/mol. The van der Waals surface area contributed by atoms with Gasteiger partial charge >= 0.3 is 0 Å². The van der Waals surface area contributed by atoms with Crippen molar-refractivity contribution in [1.29, 1.82) is 0 Å². The van der Waals surface area contributed by atoms with Crippen LogP contribution in [0.25, 0.3) is 10.9 Å². The van der Waals surface area contributed by atoms with Crippen LogP contribution in [-0.4, -0.2) is 0 Å². The van der Waals surface area contributed by atoms with Crippen molar-refractivity contribution < 1.29 is 9.13 Å². The van der Waals surface area contributed by atoms with E-state index in [4.69, 9.17) is 11.3 Å². The summed E-state index contributed by atoms with van der Waals surface area (Å²) >= 11 is 0. The number of ether oxygens (including phenoxy) is 1. The largest absolute Gasteiger partial charge is 0.454 e. The maximum Gasteiger partial charge on any atom is 0.165 e. The van der Waals surface area contributed by atoms with E-state index >= 15 is 0 Å². The Morgan fingerprint density at radius 2 is 1.89 bits per heavy atom. The smallest absolute Gasteiger partial charge is 0.165 e. The number of nitrogens with zero attached hydrogens (tertiary/aromatic N) is 1. The Balaban J connectivity index is 2.27. The number of hydrogen-bond acceptors (Lipinski definition) is 1. The molecule has 0 aliphatic rings. The first-order chi connectivity index (χ1) is 8.79. The zero-order valence-corrected chi connectivity index (χ0v) is 9.51. The molecule has 18 heavy (non-hydrogen) atoms. The van der Waals surface area contributed by atoms with Crippen LogP contribution in [0.2, 0.25) is 0 Å². The summed E-state index contributed by atoms with van der Waals surface area (Å²) in [6.45, 7) is 6.66. The molecule has 0 amide bonds. The summed E-state index contributed by atoms with van der Waals surface area (Å²) in [4.78, 5) is 3.10. The topological polar surface area (TPSA) is 13.6 Å². The number of halogens is 1. The summed E-state index contributed by atoms with van der Waals surface area (Å²) < 4.78 is 19.0. The predicted molar refractivity (Wildman–Crippen MR) is 68.6 cm³/mol. The molecule has 2 rings (SSSR count). The maximum absolute atomic E-state index is 13.6. The molecular weight excluding hydrogens is 229 g/mol. The number of hydrogen-bond donors (Lipinski definition) is 0. The quantitative estimate of drug-likeness (QED) is 0.718. The van der Waals surface area contributed by atoms with Crippen molar-refractivity contribution in [2.24, 2.45) is 0 Å². The predicted octanol–water partition coefficient (Wildman–Crippen LogP) is 4.51. The molecule has 0 N–H and O–H groups in total. The van der Waals surface area contributed by atoms with E-state index < -0.39 is 5.82 Å². The van der Waals surface area contributed by atoms with Gasteiger partial charge in [-0.1, -0.05) is 30.3 Å². The van der Waals surface area contributed by atoms with Crippen LogP contribution in [0.3, 0.4) is 0 Å². The van der Waals surface area contributed by atoms with Crippen LogP contribution in [0.4, 0.5) is 4.39 Å². The van der Waals surface area contributed by atoms with Crippen LogP contribution < -0.4 is 4.74 Å². The molecule has 0 radical (unpaired) electrons. The molecule has 0 aliphatic carbocycles. The second-order valence-corrected chi connectivity index (χ2v) is 3.55. The minimum Gasteiger partial charge on any atom is -0.454 e. The molecule has 0 atom stereocenters. The molecule has 2 aromatic rings. The summed E-state index contributed by atoms with van der Waals surface area (Å²) in [5.74, 6) is 0.287. The van der Waals surface area contributed by atoms with Gasteiger partial charge in [-0.25, -0.2) is 9.24 Å². The highest BCUT2D eigenvalue weighted by molar-refractivity contribution is 5.53. The third kappa shape index (κ3) is 2.96. The third-order valence-electron chi connectivity index (χ3n) is 2.27. The molecule has 88 valence electrons. The molecule has 0 aliphatic heterocycles. The highest BCUT2D eigenvalue weighted by atomic mass is 19.1. The normalized spacial score (nSPS) is 10.2. The Hall–Kier alpha value is -2.60. The standard InChI is InChI=1S/C15H10FNO/c1-17-10-9-12-7-8-14(16)15(11-12)18-13-5-3-2-4-6-13/h2-11H. The van der Waals surface area contributed by atoms with E-state index in [1.165, 1.54) is 12.3 Å². The first-order valence-electron chi connectivity index (χ1n) is 5.35. The lowest BCUT2D eigenvalue weighted by Crippen LogP contribution is -1.88. The van der Waals surface area contributed by atoms with Crippen molar-refractivity contribution in [2.45, 2.75) is 0 Å². The summed E-state index contributed by atoms with van der Waals surface area (Å²) in [7, 11) is 0. The van der Waals surface area contributed by atoms with Crippen LogP contribution >= 0.6 is 0 Å². The fourth-order valence-electron chi connectivity index (χ4n) is 1.44. The average molecular weight is 239 g/mol. The van der Waals surface area contributed by atoms with Gasteiger partial charge in [-0.2, -0.15) is 0 Å². The van der Waals surface area contributed by atoms with Crippen molar-refractivity contribution in [2.75, 3.05) is 0 Å². The van der Waals surface area contributed by atoms with E-state index in [1.807, 2.05) is 18.2 Å². The zero-order chi connectivity index (χ0) is 12.8. The second kappa shape index (κ2) is 5.65. The van der Waals surface area contributed by atoms with Crippen molar-refractivity contribution >= 4 is 6.08 Å². The van der Waals surface area contributed by atoms with Crippen molar-refractivity contribution in [3.8, 4) is 11.5 Å². The van der Waals surface area contributed by atoms with Gasteiger partial charge in [0, 0.05) is 0 Å². The summed E-state index contributed by atoms with van der Waals surface area (Å²) in [6.07, 6.45) is 2.92. The fourth-order valence-corrected chi connectivity index (χ4v) is 1.44. The van der Waals surface area contributed by atoms with Gasteiger partial charge in [0.1, 0.15) is 5.75 Å². The number of para-hydroxylation sites is 1. The van der Waals surface area contributed by atoms with Gasteiger partial charge in [0.05, 0.1) is 6.57 Å². The molecule has 2 aromatic carbocycles. The van der Waals surface area contributed by atoms with E-state index in [0.29, 0.717) is 5.75 Å². The Bertz CT molecular complexity index is 600. The highest BCUT2D eigenvalue weighted by Gasteiger charge is 2.04. The minimum atomic E-state index is -0.432. The summed E-state index contributed by atoms with van der Waals surface area (Å²) in [6, 6.07) is 13.5. The third-order valence-corrected chi connectivity index (χ3v) is 2.27. The van der Waals surface area contributed by atoms with Gasteiger partial charge in [0.2, 0.25) is 0 Å². The van der Waals surface area contributed by atoms with Crippen LogP contribution in [0.15, 0.2) is 54.7 Å². The van der Waals surface area contributed by atoms with Crippen LogP contribution in [0.1, 0.15) is 5.56 Å². The van der Waals surface area contributed by atoms with E-state index in [1.54, 1.807) is 30.3 Å². The summed E-state index contributed by atoms with van der Waals surface area (Å²) in [5.41, 5.74) is 0.721. The van der Waals surface area contributed by atoms with Crippen LogP contribution in [0, 0.1) is 12.4 Å². The van der Waals surface area contributed by atoms with Crippen molar-refractivity contribution in [3.05, 3.63) is 77.5 Å². The van der Waals surface area contributed by atoms with Crippen molar-refractivity contribution in [1.82, 2.24) is 0 Å².